The van der Waals surface area contributed by atoms with Gasteiger partial charge in [0.25, 0.3) is 0 Å². The molecule has 2 atom stereocenters. The van der Waals surface area contributed by atoms with Crippen LogP contribution in [0.2, 0.25) is 0 Å². The maximum absolute atomic E-state index is 8.66. The largest absolute Gasteiger partial charge is 0.396 e. The number of ether oxygens (including phenoxy) is 1. The Morgan fingerprint density at radius 2 is 1.93 bits per heavy atom. The molecule has 0 aliphatic carbocycles. The number of hydrogen-bond acceptors (Lipinski definition) is 2. The average molecular weight is 192 g/mol. The van der Waals surface area contributed by atoms with Crippen LogP contribution in [0.25, 0.3) is 0 Å². The van der Waals surface area contributed by atoms with Gasteiger partial charge in [0.05, 0.1) is 12.2 Å². The first-order chi connectivity index (χ1) is 6.90. The van der Waals surface area contributed by atoms with Crippen LogP contribution in [0.3, 0.4) is 0 Å². The van der Waals surface area contributed by atoms with E-state index in [9.17, 15) is 0 Å². The first-order valence-electron chi connectivity index (χ1n) is 5.20. The van der Waals surface area contributed by atoms with Gasteiger partial charge in [0.2, 0.25) is 0 Å². The Kier molecular flexibility index (Phi) is 3.17. The SMILES string of the molecule is OCCC[C@@H]1O[C@H]1Cc1ccccc1. The molecular weight excluding hydrogens is 176 g/mol. The lowest BCUT2D eigenvalue weighted by Gasteiger charge is -1.96. The quantitative estimate of drug-likeness (QED) is 0.721. The summed E-state index contributed by atoms with van der Waals surface area (Å²) in [6.07, 6.45) is 3.65. The van der Waals surface area contributed by atoms with E-state index in [1.165, 1.54) is 5.56 Å². The fourth-order valence-corrected chi connectivity index (χ4v) is 1.75. The third-order valence-corrected chi connectivity index (χ3v) is 2.61. The number of aliphatic hydroxyl groups is 1. The molecule has 1 aliphatic rings. The molecule has 0 saturated carbocycles. The van der Waals surface area contributed by atoms with Gasteiger partial charge < -0.3 is 9.84 Å². The molecule has 1 aromatic rings. The first kappa shape index (κ1) is 9.69. The molecule has 14 heavy (non-hydrogen) atoms. The van der Waals surface area contributed by atoms with Crippen molar-refractivity contribution in [2.24, 2.45) is 0 Å². The Hall–Kier alpha value is -0.860. The molecule has 0 aromatic heterocycles. The van der Waals surface area contributed by atoms with Crippen molar-refractivity contribution in [1.29, 1.82) is 0 Å². The molecule has 1 aliphatic heterocycles. The Balaban J connectivity index is 1.74. The van der Waals surface area contributed by atoms with Crippen molar-refractivity contribution in [3.05, 3.63) is 35.9 Å². The standard InChI is InChI=1S/C12H16O2/c13-8-4-7-11-12(14-11)9-10-5-2-1-3-6-10/h1-3,5-6,11-13H,4,7-9H2/t11-,12-/m0/s1. The van der Waals surface area contributed by atoms with Crippen LogP contribution < -0.4 is 0 Å². The molecule has 1 heterocycles. The molecule has 1 fully saturated rings. The van der Waals surface area contributed by atoms with Crippen molar-refractivity contribution in [3.63, 3.8) is 0 Å². The average Bonchev–Trinajstić information content (AvgIpc) is 2.95. The Bertz CT molecular complexity index is 271. The highest BCUT2D eigenvalue weighted by Gasteiger charge is 2.37. The van der Waals surface area contributed by atoms with E-state index in [0.717, 1.165) is 19.3 Å². The lowest BCUT2D eigenvalue weighted by molar-refractivity contribution is 0.272. The van der Waals surface area contributed by atoms with E-state index < -0.39 is 0 Å². The second-order valence-electron chi connectivity index (χ2n) is 3.77. The van der Waals surface area contributed by atoms with Crippen LogP contribution in [0.5, 0.6) is 0 Å². The fourth-order valence-electron chi connectivity index (χ4n) is 1.75. The van der Waals surface area contributed by atoms with Crippen LogP contribution in [0.15, 0.2) is 30.3 Å². The van der Waals surface area contributed by atoms with E-state index in [-0.39, 0.29) is 6.61 Å². The molecule has 0 radical (unpaired) electrons. The number of rotatable bonds is 5. The van der Waals surface area contributed by atoms with Crippen molar-refractivity contribution < 1.29 is 9.84 Å². The summed E-state index contributed by atoms with van der Waals surface area (Å²) in [6, 6.07) is 10.4. The van der Waals surface area contributed by atoms with E-state index in [2.05, 4.69) is 24.3 Å². The van der Waals surface area contributed by atoms with Crippen LogP contribution in [-0.4, -0.2) is 23.9 Å². The number of hydrogen-bond donors (Lipinski definition) is 1. The summed E-state index contributed by atoms with van der Waals surface area (Å²) in [5.74, 6) is 0. The molecule has 0 amide bonds. The molecule has 2 rings (SSSR count). The zero-order valence-corrected chi connectivity index (χ0v) is 8.23. The summed E-state index contributed by atoms with van der Waals surface area (Å²) in [7, 11) is 0. The van der Waals surface area contributed by atoms with Crippen LogP contribution in [0.4, 0.5) is 0 Å². The molecule has 0 unspecified atom stereocenters. The van der Waals surface area contributed by atoms with E-state index in [4.69, 9.17) is 9.84 Å². The van der Waals surface area contributed by atoms with Crippen LogP contribution in [0.1, 0.15) is 18.4 Å². The zero-order valence-electron chi connectivity index (χ0n) is 8.23. The highest BCUT2D eigenvalue weighted by atomic mass is 16.6. The Morgan fingerprint density at radius 3 is 2.64 bits per heavy atom. The molecule has 1 saturated heterocycles. The summed E-state index contributed by atoms with van der Waals surface area (Å²) in [5, 5.41) is 8.66. The maximum atomic E-state index is 8.66. The van der Waals surface area contributed by atoms with Crippen LogP contribution in [0, 0.1) is 0 Å². The predicted molar refractivity (Wildman–Crippen MR) is 55.1 cm³/mol. The van der Waals surface area contributed by atoms with Crippen molar-refractivity contribution in [2.45, 2.75) is 31.5 Å². The van der Waals surface area contributed by atoms with Gasteiger partial charge in [0.15, 0.2) is 0 Å². The molecule has 0 bridgehead atoms. The van der Waals surface area contributed by atoms with Gasteiger partial charge in [-0.2, -0.15) is 0 Å². The normalized spacial score (nSPS) is 24.9. The molecule has 2 nitrogen and oxygen atoms in total. The number of benzene rings is 1. The second kappa shape index (κ2) is 4.58. The summed E-state index contributed by atoms with van der Waals surface area (Å²) < 4.78 is 5.51. The van der Waals surface area contributed by atoms with E-state index in [0.29, 0.717) is 12.2 Å². The summed E-state index contributed by atoms with van der Waals surface area (Å²) >= 11 is 0. The summed E-state index contributed by atoms with van der Waals surface area (Å²) in [4.78, 5) is 0. The second-order valence-corrected chi connectivity index (χ2v) is 3.77. The maximum Gasteiger partial charge on any atom is 0.0882 e. The van der Waals surface area contributed by atoms with Gasteiger partial charge in [-0.05, 0) is 18.4 Å². The number of aliphatic hydroxyl groups excluding tert-OH is 1. The van der Waals surface area contributed by atoms with Crippen molar-refractivity contribution >= 4 is 0 Å². The fraction of sp³-hybridized carbons (Fsp3) is 0.500. The van der Waals surface area contributed by atoms with Gasteiger partial charge in [-0.3, -0.25) is 0 Å². The highest BCUT2D eigenvalue weighted by molar-refractivity contribution is 5.17. The molecular formula is C12H16O2. The first-order valence-corrected chi connectivity index (χ1v) is 5.20. The van der Waals surface area contributed by atoms with Gasteiger partial charge in [0.1, 0.15) is 0 Å². The van der Waals surface area contributed by atoms with Crippen LogP contribution >= 0.6 is 0 Å². The summed E-state index contributed by atoms with van der Waals surface area (Å²) in [6.45, 7) is 0.276. The molecule has 2 heteroatoms. The van der Waals surface area contributed by atoms with Crippen molar-refractivity contribution in [3.8, 4) is 0 Å². The van der Waals surface area contributed by atoms with Gasteiger partial charge in [-0.1, -0.05) is 30.3 Å². The third-order valence-electron chi connectivity index (χ3n) is 2.61. The van der Waals surface area contributed by atoms with E-state index in [1.807, 2.05) is 6.07 Å². The monoisotopic (exact) mass is 192 g/mol. The minimum Gasteiger partial charge on any atom is -0.396 e. The minimum atomic E-state index is 0.276. The minimum absolute atomic E-state index is 0.276. The molecule has 1 aromatic carbocycles. The van der Waals surface area contributed by atoms with E-state index >= 15 is 0 Å². The highest BCUT2D eigenvalue weighted by Crippen LogP contribution is 2.29. The van der Waals surface area contributed by atoms with Crippen molar-refractivity contribution in [1.82, 2.24) is 0 Å². The molecule has 1 N–H and O–H groups in total. The van der Waals surface area contributed by atoms with Gasteiger partial charge in [0, 0.05) is 13.0 Å². The molecule has 76 valence electrons. The molecule has 0 spiro atoms. The van der Waals surface area contributed by atoms with E-state index in [1.54, 1.807) is 0 Å². The predicted octanol–water partition coefficient (Wildman–Crippen LogP) is 1.77. The van der Waals surface area contributed by atoms with Crippen molar-refractivity contribution in [2.75, 3.05) is 6.61 Å². The van der Waals surface area contributed by atoms with Gasteiger partial charge >= 0.3 is 0 Å². The Labute approximate surface area is 84.5 Å². The smallest absolute Gasteiger partial charge is 0.0882 e. The topological polar surface area (TPSA) is 32.8 Å². The third kappa shape index (κ3) is 2.56. The summed E-state index contributed by atoms with van der Waals surface area (Å²) in [5.41, 5.74) is 1.34. The zero-order chi connectivity index (χ0) is 9.80. The number of epoxide rings is 1. The lowest BCUT2D eigenvalue weighted by Crippen LogP contribution is -1.99. The Morgan fingerprint density at radius 1 is 1.14 bits per heavy atom. The van der Waals surface area contributed by atoms with Crippen LogP contribution in [-0.2, 0) is 11.2 Å². The van der Waals surface area contributed by atoms with Gasteiger partial charge in [-0.15, -0.1) is 0 Å². The lowest BCUT2D eigenvalue weighted by atomic mass is 10.1. The van der Waals surface area contributed by atoms with Gasteiger partial charge in [-0.25, -0.2) is 0 Å².